The van der Waals surface area contributed by atoms with Gasteiger partial charge in [-0.1, -0.05) is 30.3 Å². The van der Waals surface area contributed by atoms with Crippen LogP contribution in [0.15, 0.2) is 30.3 Å². The summed E-state index contributed by atoms with van der Waals surface area (Å²) in [6.45, 7) is 1.76. The average Bonchev–Trinajstić information content (AvgIpc) is 2.67. The first-order chi connectivity index (χ1) is 8.53. The van der Waals surface area contributed by atoms with Crippen molar-refractivity contribution in [3.8, 4) is 0 Å². The molecule has 98 valence electrons. The largest absolute Gasteiger partial charge is 0.464 e. The third-order valence-corrected chi connectivity index (χ3v) is 3.25. The van der Waals surface area contributed by atoms with Crippen molar-refractivity contribution in [2.75, 3.05) is 6.61 Å². The van der Waals surface area contributed by atoms with E-state index in [0.29, 0.717) is 5.56 Å². The van der Waals surface area contributed by atoms with Crippen LogP contribution in [-0.2, 0) is 28.3 Å². The maximum atomic E-state index is 11.6. The van der Waals surface area contributed by atoms with E-state index in [1.54, 1.807) is 37.3 Å². The molecule has 0 aromatic heterocycles. The van der Waals surface area contributed by atoms with Gasteiger partial charge in [-0.15, -0.1) is 0 Å². The van der Waals surface area contributed by atoms with Crippen LogP contribution in [0.25, 0.3) is 0 Å². The molecule has 2 atom stereocenters. The number of esters is 1. The van der Waals surface area contributed by atoms with Crippen LogP contribution in [0.4, 0.5) is 0 Å². The lowest BCUT2D eigenvalue weighted by Crippen LogP contribution is -2.28. The van der Waals surface area contributed by atoms with Crippen molar-refractivity contribution in [1.29, 1.82) is 0 Å². The van der Waals surface area contributed by atoms with Gasteiger partial charge in [0.25, 0.3) is 0 Å². The lowest BCUT2D eigenvalue weighted by atomic mass is 10.0. The molecular weight excluding hydrogens is 260 g/mol. The van der Waals surface area contributed by atoms with Crippen LogP contribution in [-0.4, -0.2) is 27.1 Å². The summed E-state index contributed by atoms with van der Waals surface area (Å²) in [4.78, 5) is 11.6. The van der Waals surface area contributed by atoms with Crippen LogP contribution < -0.4 is 0 Å². The zero-order valence-electron chi connectivity index (χ0n) is 9.61. The third-order valence-electron chi connectivity index (χ3n) is 2.37. The second kappa shape index (κ2) is 5.05. The van der Waals surface area contributed by atoms with Crippen molar-refractivity contribution in [2.45, 2.75) is 19.1 Å². The molecule has 0 radical (unpaired) electrons. The molecule has 1 aliphatic rings. The van der Waals surface area contributed by atoms with Gasteiger partial charge in [-0.05, 0) is 12.5 Å². The van der Waals surface area contributed by atoms with Crippen molar-refractivity contribution in [3.63, 3.8) is 0 Å². The Hall–Kier alpha value is -1.44. The molecule has 0 amide bonds. The minimum atomic E-state index is -4.16. The van der Waals surface area contributed by atoms with Crippen LogP contribution in [0, 0.1) is 0 Å². The molecule has 0 aliphatic carbocycles. The molecule has 2 rings (SSSR count). The molecule has 1 aromatic rings. The van der Waals surface area contributed by atoms with Gasteiger partial charge in [0.15, 0.2) is 0 Å². The maximum absolute atomic E-state index is 11.6. The molecule has 0 saturated carbocycles. The Bertz CT molecular complexity index is 524. The van der Waals surface area contributed by atoms with Gasteiger partial charge in [0.2, 0.25) is 6.10 Å². The van der Waals surface area contributed by atoms with Crippen LogP contribution in [0.5, 0.6) is 0 Å². The third kappa shape index (κ3) is 2.69. The molecule has 1 heterocycles. The summed E-state index contributed by atoms with van der Waals surface area (Å²) in [5, 5.41) is 0. The number of hydrogen-bond acceptors (Lipinski definition) is 6. The maximum Gasteiger partial charge on any atom is 0.401 e. The summed E-state index contributed by atoms with van der Waals surface area (Å²) in [5.74, 6) is -0.757. The fourth-order valence-electron chi connectivity index (χ4n) is 1.64. The fourth-order valence-corrected chi connectivity index (χ4v) is 2.58. The highest BCUT2D eigenvalue weighted by Crippen LogP contribution is 2.34. The van der Waals surface area contributed by atoms with E-state index >= 15 is 0 Å². The van der Waals surface area contributed by atoms with E-state index in [-0.39, 0.29) is 6.61 Å². The van der Waals surface area contributed by atoms with E-state index in [2.05, 4.69) is 4.18 Å². The Kier molecular flexibility index (Phi) is 3.65. The van der Waals surface area contributed by atoms with Crippen LogP contribution >= 0.6 is 0 Å². The minimum absolute atomic E-state index is 0.139. The van der Waals surface area contributed by atoms with Crippen molar-refractivity contribution < 1.29 is 26.3 Å². The molecule has 1 saturated heterocycles. The van der Waals surface area contributed by atoms with E-state index in [1.807, 2.05) is 0 Å². The molecule has 1 aliphatic heterocycles. The van der Waals surface area contributed by atoms with E-state index in [9.17, 15) is 13.2 Å². The summed E-state index contributed by atoms with van der Waals surface area (Å²) in [6.07, 6.45) is -2.30. The first kappa shape index (κ1) is 13.0. The molecule has 0 N–H and O–H groups in total. The molecule has 0 bridgehead atoms. The van der Waals surface area contributed by atoms with E-state index in [4.69, 9.17) is 8.92 Å². The smallest absolute Gasteiger partial charge is 0.401 e. The first-order valence-corrected chi connectivity index (χ1v) is 6.70. The average molecular weight is 272 g/mol. The van der Waals surface area contributed by atoms with Crippen molar-refractivity contribution in [2.24, 2.45) is 0 Å². The van der Waals surface area contributed by atoms with Crippen LogP contribution in [0.2, 0.25) is 0 Å². The highest BCUT2D eigenvalue weighted by Gasteiger charge is 2.46. The zero-order chi connectivity index (χ0) is 13.2. The fraction of sp³-hybridized carbons (Fsp3) is 0.364. The highest BCUT2D eigenvalue weighted by atomic mass is 32.3. The van der Waals surface area contributed by atoms with Crippen molar-refractivity contribution in [3.05, 3.63) is 35.9 Å². The molecule has 0 unspecified atom stereocenters. The highest BCUT2D eigenvalue weighted by molar-refractivity contribution is 7.82. The molecule has 1 fully saturated rings. The monoisotopic (exact) mass is 272 g/mol. The molecule has 1 aromatic carbocycles. The summed E-state index contributed by atoms with van der Waals surface area (Å²) < 4.78 is 36.7. The Labute approximate surface area is 105 Å². The Morgan fingerprint density at radius 2 is 1.94 bits per heavy atom. The SMILES string of the molecule is CCOC(=O)[C@@H]1OS(=O)(=O)O[C@H]1c1ccccc1. The van der Waals surface area contributed by atoms with Crippen molar-refractivity contribution in [1.82, 2.24) is 0 Å². The lowest BCUT2D eigenvalue weighted by Gasteiger charge is -2.13. The predicted octanol–water partition coefficient (Wildman–Crippen LogP) is 0.951. The lowest BCUT2D eigenvalue weighted by molar-refractivity contribution is -0.152. The second-order valence-corrected chi connectivity index (χ2v) is 4.81. The zero-order valence-corrected chi connectivity index (χ0v) is 10.4. The number of ether oxygens (including phenoxy) is 1. The van der Waals surface area contributed by atoms with Gasteiger partial charge in [-0.2, -0.15) is 8.42 Å². The normalized spacial score (nSPS) is 25.8. The van der Waals surface area contributed by atoms with E-state index in [1.165, 1.54) is 0 Å². The molecule has 7 heteroatoms. The number of benzene rings is 1. The minimum Gasteiger partial charge on any atom is -0.464 e. The first-order valence-electron chi connectivity index (χ1n) is 5.36. The number of rotatable bonds is 3. The standard InChI is InChI=1S/C11H12O6S/c1-2-15-11(12)10-9(16-18(13,14)17-10)8-6-4-3-5-7-8/h3-7,9-10H,2H2,1H3/t9-,10+/m0/s1. The van der Waals surface area contributed by atoms with Crippen LogP contribution in [0.1, 0.15) is 18.6 Å². The number of carbonyl (C=O) groups is 1. The molecule has 6 nitrogen and oxygen atoms in total. The van der Waals surface area contributed by atoms with Gasteiger partial charge < -0.3 is 4.74 Å². The topological polar surface area (TPSA) is 78.9 Å². The van der Waals surface area contributed by atoms with E-state index in [0.717, 1.165) is 0 Å². The Morgan fingerprint density at radius 3 is 2.56 bits per heavy atom. The number of hydrogen-bond donors (Lipinski definition) is 0. The summed E-state index contributed by atoms with van der Waals surface area (Å²) >= 11 is 0. The van der Waals surface area contributed by atoms with Crippen LogP contribution in [0.3, 0.4) is 0 Å². The Morgan fingerprint density at radius 1 is 1.28 bits per heavy atom. The van der Waals surface area contributed by atoms with Gasteiger partial charge in [-0.3, -0.25) is 0 Å². The molecule has 18 heavy (non-hydrogen) atoms. The second-order valence-electron chi connectivity index (χ2n) is 3.60. The molecule has 0 spiro atoms. The van der Waals surface area contributed by atoms with Gasteiger partial charge in [0.1, 0.15) is 6.10 Å². The van der Waals surface area contributed by atoms with Crippen molar-refractivity contribution >= 4 is 16.4 Å². The predicted molar refractivity (Wildman–Crippen MR) is 60.7 cm³/mol. The number of carbonyl (C=O) groups excluding carboxylic acids is 1. The summed E-state index contributed by atoms with van der Waals surface area (Å²) in [7, 11) is -4.16. The van der Waals surface area contributed by atoms with Gasteiger partial charge in [0.05, 0.1) is 6.61 Å². The Balaban J connectivity index is 2.29. The summed E-state index contributed by atoms with van der Waals surface area (Å²) in [5.41, 5.74) is 0.539. The quantitative estimate of drug-likeness (QED) is 0.762. The van der Waals surface area contributed by atoms with Gasteiger partial charge in [-0.25, -0.2) is 13.2 Å². The summed E-state index contributed by atoms with van der Waals surface area (Å²) in [6, 6.07) is 8.51. The van der Waals surface area contributed by atoms with E-state index < -0.39 is 28.6 Å². The van der Waals surface area contributed by atoms with Gasteiger partial charge >= 0.3 is 16.4 Å². The van der Waals surface area contributed by atoms with Gasteiger partial charge in [0, 0.05) is 0 Å². The molecular formula is C11H12O6S.